The Morgan fingerprint density at radius 2 is 2.20 bits per heavy atom. The van der Waals surface area contributed by atoms with E-state index in [-0.39, 0.29) is 42.4 Å². The molecule has 20 heavy (non-hydrogen) atoms. The number of nitrogens with zero attached hydrogens (tertiary/aromatic N) is 1. The fourth-order valence-corrected chi connectivity index (χ4v) is 1.71. The molecular formula is C14H21IN4O. The average molecular weight is 388 g/mol. The topological polar surface area (TPSA) is 79.5 Å². The lowest BCUT2D eigenvalue weighted by atomic mass is 10.1. The van der Waals surface area contributed by atoms with E-state index in [1.165, 1.54) is 5.56 Å². The van der Waals surface area contributed by atoms with E-state index in [1.807, 2.05) is 18.2 Å². The lowest BCUT2D eigenvalue weighted by Crippen LogP contribution is -2.30. The van der Waals surface area contributed by atoms with Gasteiger partial charge in [0.1, 0.15) is 6.54 Å². The first-order chi connectivity index (χ1) is 9.17. The molecule has 4 N–H and O–H groups in total. The van der Waals surface area contributed by atoms with Crippen molar-refractivity contribution in [2.75, 3.05) is 11.9 Å². The van der Waals surface area contributed by atoms with Crippen LogP contribution in [0, 0.1) is 0 Å². The number of hydrogen-bond donors (Lipinski definition) is 3. The number of carbonyl (C=O) groups is 1. The predicted molar refractivity (Wildman–Crippen MR) is 92.5 cm³/mol. The highest BCUT2D eigenvalue weighted by Gasteiger charge is 2.22. The van der Waals surface area contributed by atoms with Crippen molar-refractivity contribution in [2.45, 2.75) is 32.2 Å². The molecule has 1 aliphatic carbocycles. The van der Waals surface area contributed by atoms with Crippen molar-refractivity contribution >= 4 is 41.5 Å². The van der Waals surface area contributed by atoms with Crippen molar-refractivity contribution in [3.63, 3.8) is 0 Å². The van der Waals surface area contributed by atoms with Crippen molar-refractivity contribution in [1.29, 1.82) is 0 Å². The molecule has 1 fully saturated rings. The van der Waals surface area contributed by atoms with Gasteiger partial charge in [-0.3, -0.25) is 4.79 Å². The quantitative estimate of drug-likeness (QED) is 0.409. The number of hydrogen-bond acceptors (Lipinski definition) is 2. The number of anilines is 1. The van der Waals surface area contributed by atoms with Gasteiger partial charge < -0.3 is 16.4 Å². The highest BCUT2D eigenvalue weighted by Crippen LogP contribution is 2.18. The Labute approximate surface area is 136 Å². The van der Waals surface area contributed by atoms with Crippen molar-refractivity contribution in [1.82, 2.24) is 5.32 Å². The van der Waals surface area contributed by atoms with Crippen LogP contribution in [0.1, 0.15) is 25.3 Å². The number of rotatable bonds is 5. The minimum absolute atomic E-state index is 0. The number of amides is 1. The third kappa shape index (κ3) is 5.77. The third-order valence-corrected chi connectivity index (χ3v) is 2.94. The standard InChI is InChI=1S/C14H20N4O.HI/c1-2-10-4-3-5-12(8-10)18-14(15)16-9-13(19)17-11-6-7-11;/h3-5,8,11H,2,6-7,9H2,1H3,(H,17,19)(H3,15,16,18);1H. The molecule has 0 aliphatic heterocycles. The Kier molecular flexibility index (Phi) is 6.77. The van der Waals surface area contributed by atoms with E-state index in [4.69, 9.17) is 5.73 Å². The van der Waals surface area contributed by atoms with Crippen LogP contribution in [-0.2, 0) is 11.2 Å². The van der Waals surface area contributed by atoms with Crippen LogP contribution in [0.15, 0.2) is 29.3 Å². The predicted octanol–water partition coefficient (Wildman–Crippen LogP) is 1.87. The van der Waals surface area contributed by atoms with Crippen LogP contribution in [0.25, 0.3) is 0 Å². The van der Waals surface area contributed by atoms with E-state index in [0.29, 0.717) is 6.04 Å². The van der Waals surface area contributed by atoms with Crippen molar-refractivity contribution in [2.24, 2.45) is 10.7 Å². The zero-order valence-electron chi connectivity index (χ0n) is 11.6. The van der Waals surface area contributed by atoms with E-state index < -0.39 is 0 Å². The zero-order chi connectivity index (χ0) is 13.7. The van der Waals surface area contributed by atoms with Gasteiger partial charge in [0.25, 0.3) is 0 Å². The van der Waals surface area contributed by atoms with Crippen LogP contribution in [0.3, 0.4) is 0 Å². The highest BCUT2D eigenvalue weighted by molar-refractivity contribution is 14.0. The molecule has 1 aromatic rings. The number of aliphatic imine (C=N–C) groups is 1. The van der Waals surface area contributed by atoms with E-state index in [9.17, 15) is 4.79 Å². The van der Waals surface area contributed by atoms with E-state index in [1.54, 1.807) is 0 Å². The Morgan fingerprint density at radius 1 is 1.45 bits per heavy atom. The van der Waals surface area contributed by atoms with Crippen LogP contribution in [0.4, 0.5) is 5.69 Å². The average Bonchev–Trinajstić information content (AvgIpc) is 3.20. The summed E-state index contributed by atoms with van der Waals surface area (Å²) in [5, 5.41) is 5.85. The van der Waals surface area contributed by atoms with Gasteiger partial charge >= 0.3 is 0 Å². The number of aryl methyl sites for hydroxylation is 1. The largest absolute Gasteiger partial charge is 0.370 e. The summed E-state index contributed by atoms with van der Waals surface area (Å²) >= 11 is 0. The molecule has 110 valence electrons. The molecule has 0 atom stereocenters. The van der Waals surface area contributed by atoms with Gasteiger partial charge in [-0.15, -0.1) is 24.0 Å². The van der Waals surface area contributed by atoms with Gasteiger partial charge in [0.05, 0.1) is 0 Å². The molecule has 1 amide bonds. The van der Waals surface area contributed by atoms with Crippen LogP contribution in [0.5, 0.6) is 0 Å². The van der Waals surface area contributed by atoms with Crippen LogP contribution >= 0.6 is 24.0 Å². The number of benzene rings is 1. The summed E-state index contributed by atoms with van der Waals surface area (Å²) in [6.45, 7) is 2.17. The van der Waals surface area contributed by atoms with Crippen molar-refractivity contribution < 1.29 is 4.79 Å². The molecule has 0 aromatic heterocycles. The molecule has 0 radical (unpaired) electrons. The van der Waals surface area contributed by atoms with Gasteiger partial charge in [-0.1, -0.05) is 19.1 Å². The molecule has 6 heteroatoms. The minimum Gasteiger partial charge on any atom is -0.370 e. The fourth-order valence-electron chi connectivity index (χ4n) is 1.71. The number of nitrogens with one attached hydrogen (secondary N) is 2. The van der Waals surface area contributed by atoms with Gasteiger partial charge in [-0.25, -0.2) is 4.99 Å². The van der Waals surface area contributed by atoms with Gasteiger partial charge in [-0.05, 0) is 37.0 Å². The Morgan fingerprint density at radius 3 is 2.85 bits per heavy atom. The third-order valence-electron chi connectivity index (χ3n) is 2.94. The van der Waals surface area contributed by atoms with Crippen LogP contribution in [0.2, 0.25) is 0 Å². The minimum atomic E-state index is -0.0745. The first-order valence-electron chi connectivity index (χ1n) is 6.62. The van der Waals surface area contributed by atoms with E-state index >= 15 is 0 Å². The Balaban J connectivity index is 0.00000200. The first-order valence-corrected chi connectivity index (χ1v) is 6.62. The molecule has 5 nitrogen and oxygen atoms in total. The number of halogens is 1. The second-order valence-corrected chi connectivity index (χ2v) is 4.72. The molecule has 0 unspecified atom stereocenters. The molecular weight excluding hydrogens is 367 g/mol. The van der Waals surface area contributed by atoms with E-state index in [2.05, 4.69) is 28.6 Å². The maximum absolute atomic E-state index is 11.4. The summed E-state index contributed by atoms with van der Waals surface area (Å²) in [4.78, 5) is 15.5. The van der Waals surface area contributed by atoms with Gasteiger partial charge in [0.15, 0.2) is 5.96 Å². The lowest BCUT2D eigenvalue weighted by Gasteiger charge is -2.07. The molecule has 2 rings (SSSR count). The summed E-state index contributed by atoms with van der Waals surface area (Å²) in [5.74, 6) is 0.189. The first kappa shape index (κ1) is 16.7. The van der Waals surface area contributed by atoms with Crippen LogP contribution in [-0.4, -0.2) is 24.5 Å². The lowest BCUT2D eigenvalue weighted by molar-refractivity contribution is -0.119. The monoisotopic (exact) mass is 388 g/mol. The van der Waals surface area contributed by atoms with E-state index in [0.717, 1.165) is 24.9 Å². The highest BCUT2D eigenvalue weighted by atomic mass is 127. The number of carbonyl (C=O) groups excluding carboxylic acids is 1. The maximum Gasteiger partial charge on any atom is 0.242 e. The summed E-state index contributed by atoms with van der Waals surface area (Å²) in [7, 11) is 0. The smallest absolute Gasteiger partial charge is 0.242 e. The molecule has 0 spiro atoms. The van der Waals surface area contributed by atoms with Gasteiger partial charge in [0, 0.05) is 11.7 Å². The molecule has 1 saturated carbocycles. The summed E-state index contributed by atoms with van der Waals surface area (Å²) < 4.78 is 0. The summed E-state index contributed by atoms with van der Waals surface area (Å²) in [5.41, 5.74) is 7.87. The molecule has 1 aliphatic rings. The van der Waals surface area contributed by atoms with Gasteiger partial charge in [-0.2, -0.15) is 0 Å². The second kappa shape index (κ2) is 8.08. The molecule has 1 aromatic carbocycles. The number of nitrogens with two attached hydrogens (primary N) is 1. The normalized spacial score (nSPS) is 14.3. The Bertz CT molecular complexity index is 486. The number of guanidine groups is 1. The Hall–Kier alpha value is -1.31. The summed E-state index contributed by atoms with van der Waals surface area (Å²) in [6.07, 6.45) is 3.12. The van der Waals surface area contributed by atoms with Crippen LogP contribution < -0.4 is 16.4 Å². The van der Waals surface area contributed by atoms with Crippen molar-refractivity contribution in [3.8, 4) is 0 Å². The molecule has 0 bridgehead atoms. The molecule has 0 heterocycles. The SMILES string of the molecule is CCc1cccc(NC(N)=NCC(=O)NC2CC2)c1.I. The zero-order valence-corrected chi connectivity index (χ0v) is 13.9. The second-order valence-electron chi connectivity index (χ2n) is 4.72. The molecule has 0 saturated heterocycles. The van der Waals surface area contributed by atoms with Gasteiger partial charge in [0.2, 0.25) is 5.91 Å². The van der Waals surface area contributed by atoms with Crippen molar-refractivity contribution in [3.05, 3.63) is 29.8 Å². The maximum atomic E-state index is 11.4. The summed E-state index contributed by atoms with van der Waals surface area (Å²) in [6, 6.07) is 8.33. The fraction of sp³-hybridized carbons (Fsp3) is 0.429.